The van der Waals surface area contributed by atoms with Crippen LogP contribution >= 0.6 is 11.8 Å². The van der Waals surface area contributed by atoms with Gasteiger partial charge in [0.05, 0.1) is 24.1 Å². The van der Waals surface area contributed by atoms with E-state index in [0.29, 0.717) is 5.84 Å². The van der Waals surface area contributed by atoms with E-state index in [0.717, 1.165) is 16.2 Å². The lowest BCUT2D eigenvalue weighted by Gasteiger charge is -2.19. The molecule has 21 heavy (non-hydrogen) atoms. The Labute approximate surface area is 126 Å². The van der Waals surface area contributed by atoms with Crippen LogP contribution in [0.1, 0.15) is 19.4 Å². The molecule has 2 N–H and O–H groups in total. The summed E-state index contributed by atoms with van der Waals surface area (Å²) in [6.07, 6.45) is 5.20. The third-order valence-electron chi connectivity index (χ3n) is 3.37. The number of fused-ring (bicyclic) bond motifs is 1. The number of allylic oxidation sites excluding steroid dienone is 1. The summed E-state index contributed by atoms with van der Waals surface area (Å²) < 4.78 is 0. The summed E-state index contributed by atoms with van der Waals surface area (Å²) in [5.41, 5.74) is 7.69. The summed E-state index contributed by atoms with van der Waals surface area (Å²) in [5.74, 6) is 0.413. The lowest BCUT2D eigenvalue weighted by Crippen LogP contribution is -2.39. The maximum Gasteiger partial charge on any atom is 0.267 e. The molecule has 1 amide bonds. The Bertz CT molecular complexity index is 665. The molecule has 0 saturated heterocycles. The Kier molecular flexibility index (Phi) is 3.69. The monoisotopic (exact) mass is 301 g/mol. The number of hydrogen-bond donors (Lipinski definition) is 1. The summed E-state index contributed by atoms with van der Waals surface area (Å²) in [4.78, 5) is 21.7. The van der Waals surface area contributed by atoms with Gasteiger partial charge in [-0.3, -0.25) is 4.79 Å². The predicted molar refractivity (Wildman–Crippen MR) is 84.1 cm³/mol. The van der Waals surface area contributed by atoms with E-state index in [1.165, 1.54) is 11.8 Å². The number of aromatic nitrogens is 2. The number of amidine groups is 1. The Balaban J connectivity index is 1.93. The minimum Gasteiger partial charge on any atom is -0.321 e. The molecule has 1 unspecified atom stereocenters. The first-order valence-electron chi connectivity index (χ1n) is 6.68. The third-order valence-corrected chi connectivity index (χ3v) is 4.66. The molecule has 108 valence electrons. The van der Waals surface area contributed by atoms with Crippen LogP contribution in [-0.2, 0) is 4.79 Å². The minimum absolute atomic E-state index is 0.180. The van der Waals surface area contributed by atoms with Crippen molar-refractivity contribution < 1.29 is 4.79 Å². The van der Waals surface area contributed by atoms with Crippen molar-refractivity contribution in [1.29, 1.82) is 0 Å². The fraction of sp³-hybridized carbons (Fsp3) is 0.357. The molecular weight excluding hydrogens is 286 g/mol. The normalized spacial score (nSPS) is 22.6. The van der Waals surface area contributed by atoms with Crippen LogP contribution in [0.25, 0.3) is 4.91 Å². The SMILES string of the molecule is CC(C)[C@H](N)C1=NC(=O)C2SC(c3ccnnc3)=CC2=N1. The molecule has 0 aromatic carbocycles. The number of rotatable bonds is 3. The predicted octanol–water partition coefficient (Wildman–Crippen LogP) is 1.30. The molecule has 6 nitrogen and oxygen atoms in total. The van der Waals surface area contributed by atoms with Crippen molar-refractivity contribution in [3.63, 3.8) is 0 Å². The van der Waals surface area contributed by atoms with E-state index in [1.807, 2.05) is 26.0 Å². The molecule has 2 aliphatic heterocycles. The van der Waals surface area contributed by atoms with Gasteiger partial charge in [-0.05, 0) is 18.1 Å². The second kappa shape index (κ2) is 5.50. The van der Waals surface area contributed by atoms with Gasteiger partial charge in [0, 0.05) is 10.5 Å². The highest BCUT2D eigenvalue weighted by Gasteiger charge is 2.35. The number of amides is 1. The Morgan fingerprint density at radius 2 is 2.10 bits per heavy atom. The number of carbonyl (C=O) groups is 1. The average Bonchev–Trinajstić information content (AvgIpc) is 2.92. The zero-order valence-electron chi connectivity index (χ0n) is 11.7. The maximum atomic E-state index is 12.2. The van der Waals surface area contributed by atoms with Crippen molar-refractivity contribution >= 4 is 34.1 Å². The second-order valence-electron chi connectivity index (χ2n) is 5.25. The molecule has 7 heteroatoms. The minimum atomic E-state index is -0.365. The van der Waals surface area contributed by atoms with Gasteiger partial charge in [-0.2, -0.15) is 15.2 Å². The molecule has 0 spiro atoms. The number of carbonyl (C=O) groups excluding carboxylic acids is 1. The van der Waals surface area contributed by atoms with Crippen LogP contribution in [0.3, 0.4) is 0 Å². The van der Waals surface area contributed by atoms with E-state index in [2.05, 4.69) is 20.2 Å². The van der Waals surface area contributed by atoms with Gasteiger partial charge in [0.2, 0.25) is 0 Å². The lowest BCUT2D eigenvalue weighted by atomic mass is 10.0. The summed E-state index contributed by atoms with van der Waals surface area (Å²) in [7, 11) is 0. The van der Waals surface area contributed by atoms with Gasteiger partial charge in [-0.1, -0.05) is 13.8 Å². The highest BCUT2D eigenvalue weighted by molar-refractivity contribution is 8.10. The van der Waals surface area contributed by atoms with E-state index in [1.54, 1.807) is 12.4 Å². The first-order valence-corrected chi connectivity index (χ1v) is 7.56. The summed E-state index contributed by atoms with van der Waals surface area (Å²) in [6, 6.07) is 1.53. The highest BCUT2D eigenvalue weighted by Crippen LogP contribution is 2.39. The lowest BCUT2D eigenvalue weighted by molar-refractivity contribution is -0.116. The number of aliphatic imine (C=N–C) groups is 2. The third kappa shape index (κ3) is 2.66. The van der Waals surface area contributed by atoms with Gasteiger partial charge >= 0.3 is 0 Å². The smallest absolute Gasteiger partial charge is 0.267 e. The summed E-state index contributed by atoms with van der Waals surface area (Å²) >= 11 is 1.44. The van der Waals surface area contributed by atoms with E-state index in [9.17, 15) is 4.79 Å². The standard InChI is InChI=1S/C14H15N5OS/c1-7(2)11(15)13-18-9-5-10(8-3-4-16-17-6-8)21-12(9)14(20)19-13/h3-7,11-12H,15H2,1-2H3/t11-,12?/m0/s1. The molecule has 3 rings (SSSR count). The molecule has 0 saturated carbocycles. The Morgan fingerprint density at radius 1 is 1.29 bits per heavy atom. The molecule has 1 aromatic rings. The van der Waals surface area contributed by atoms with Crippen LogP contribution in [0.2, 0.25) is 0 Å². The first kappa shape index (κ1) is 14.1. The number of nitrogens with zero attached hydrogens (tertiary/aromatic N) is 4. The summed E-state index contributed by atoms with van der Waals surface area (Å²) in [5, 5.41) is 7.24. The van der Waals surface area contributed by atoms with E-state index < -0.39 is 0 Å². The highest BCUT2D eigenvalue weighted by atomic mass is 32.2. The van der Waals surface area contributed by atoms with Crippen molar-refractivity contribution in [2.75, 3.05) is 0 Å². The summed E-state index contributed by atoms with van der Waals surface area (Å²) in [6.45, 7) is 3.97. The van der Waals surface area contributed by atoms with E-state index in [4.69, 9.17) is 5.73 Å². The van der Waals surface area contributed by atoms with Crippen LogP contribution in [-0.4, -0.2) is 38.9 Å². The first-order chi connectivity index (χ1) is 10.1. The van der Waals surface area contributed by atoms with Gasteiger partial charge in [-0.25, -0.2) is 4.99 Å². The van der Waals surface area contributed by atoms with E-state index >= 15 is 0 Å². The number of thioether (sulfide) groups is 1. The van der Waals surface area contributed by atoms with Crippen molar-refractivity contribution in [3.05, 3.63) is 30.1 Å². The fourth-order valence-corrected chi connectivity index (χ4v) is 3.16. The van der Waals surface area contributed by atoms with Crippen molar-refractivity contribution in [2.24, 2.45) is 21.6 Å². The quantitative estimate of drug-likeness (QED) is 0.908. The van der Waals surface area contributed by atoms with Crippen LogP contribution in [0.5, 0.6) is 0 Å². The van der Waals surface area contributed by atoms with Crippen molar-refractivity contribution in [1.82, 2.24) is 10.2 Å². The molecule has 3 heterocycles. The molecule has 1 aromatic heterocycles. The Morgan fingerprint density at radius 3 is 2.76 bits per heavy atom. The van der Waals surface area contributed by atoms with Crippen molar-refractivity contribution in [3.8, 4) is 0 Å². The molecule has 0 aliphatic carbocycles. The zero-order chi connectivity index (χ0) is 15.0. The van der Waals surface area contributed by atoms with Gasteiger partial charge in [0.15, 0.2) is 0 Å². The zero-order valence-corrected chi connectivity index (χ0v) is 12.5. The van der Waals surface area contributed by atoms with Crippen LogP contribution in [0.4, 0.5) is 0 Å². The largest absolute Gasteiger partial charge is 0.321 e. The molecule has 2 aliphatic rings. The molecule has 2 atom stereocenters. The van der Waals surface area contributed by atoms with Crippen LogP contribution in [0, 0.1) is 5.92 Å². The molecule has 0 radical (unpaired) electrons. The number of hydrogen-bond acceptors (Lipinski definition) is 6. The topological polar surface area (TPSA) is 93.6 Å². The number of nitrogens with two attached hydrogens (primary N) is 1. The average molecular weight is 301 g/mol. The van der Waals surface area contributed by atoms with Gasteiger partial charge in [0.25, 0.3) is 5.91 Å². The molecular formula is C14H15N5OS. The molecule has 0 bridgehead atoms. The second-order valence-corrected chi connectivity index (χ2v) is 6.40. The van der Waals surface area contributed by atoms with Crippen LogP contribution in [0.15, 0.2) is 34.5 Å². The van der Waals surface area contributed by atoms with Gasteiger partial charge < -0.3 is 5.73 Å². The van der Waals surface area contributed by atoms with Gasteiger partial charge in [-0.15, -0.1) is 11.8 Å². The maximum absolute atomic E-state index is 12.2. The van der Waals surface area contributed by atoms with E-state index in [-0.39, 0.29) is 23.1 Å². The molecule has 0 fully saturated rings. The van der Waals surface area contributed by atoms with Gasteiger partial charge in [0.1, 0.15) is 11.1 Å². The van der Waals surface area contributed by atoms with Crippen molar-refractivity contribution in [2.45, 2.75) is 25.1 Å². The Hall–Kier alpha value is -1.86. The fourth-order valence-electron chi connectivity index (χ4n) is 2.06. The van der Waals surface area contributed by atoms with Crippen LogP contribution < -0.4 is 5.73 Å².